The van der Waals surface area contributed by atoms with Crippen molar-refractivity contribution in [3.05, 3.63) is 54.3 Å². The van der Waals surface area contributed by atoms with Crippen LogP contribution in [0.2, 0.25) is 0 Å². The summed E-state index contributed by atoms with van der Waals surface area (Å²) in [6.07, 6.45) is 4.66. The molecule has 0 fully saturated rings. The van der Waals surface area contributed by atoms with Gasteiger partial charge in [0.15, 0.2) is 0 Å². The molecule has 0 saturated heterocycles. The van der Waals surface area contributed by atoms with Gasteiger partial charge in [0.05, 0.1) is 13.2 Å². The highest BCUT2D eigenvalue weighted by Gasteiger charge is 2.03. The number of halogens is 1. The van der Waals surface area contributed by atoms with E-state index >= 15 is 0 Å². The molecule has 0 saturated carbocycles. The summed E-state index contributed by atoms with van der Waals surface area (Å²) in [5.41, 5.74) is 1.39. The van der Waals surface area contributed by atoms with E-state index < -0.39 is 0 Å². The Kier molecular flexibility index (Phi) is 7.76. The maximum absolute atomic E-state index is 12.8. The van der Waals surface area contributed by atoms with Crippen molar-refractivity contribution in [2.45, 2.75) is 32.6 Å². The maximum Gasteiger partial charge on any atom is 0.243 e. The number of carbonyl (C=O) groups excluding carboxylic acids is 1. The number of nitrogens with one attached hydrogen (secondary N) is 2. The lowest BCUT2D eigenvalue weighted by atomic mass is 10.2. The van der Waals surface area contributed by atoms with Crippen LogP contribution >= 0.6 is 0 Å². The summed E-state index contributed by atoms with van der Waals surface area (Å²) in [4.78, 5) is 11.9. The lowest BCUT2D eigenvalue weighted by Gasteiger charge is -2.10. The van der Waals surface area contributed by atoms with Gasteiger partial charge in [-0.2, -0.15) is 0 Å². The number of hydrogen-bond donors (Lipinski definition) is 2. The first kappa shape index (κ1) is 18.8. The third-order valence-electron chi connectivity index (χ3n) is 3.68. The van der Waals surface area contributed by atoms with Gasteiger partial charge in [0, 0.05) is 17.4 Å². The van der Waals surface area contributed by atoms with E-state index in [1.165, 1.54) is 43.5 Å². The van der Waals surface area contributed by atoms with E-state index in [1.807, 2.05) is 24.3 Å². The minimum absolute atomic E-state index is 0.122. The van der Waals surface area contributed by atoms with Gasteiger partial charge in [0.1, 0.15) is 11.6 Å². The van der Waals surface area contributed by atoms with Gasteiger partial charge >= 0.3 is 0 Å². The highest BCUT2D eigenvalue weighted by molar-refractivity contribution is 5.93. The summed E-state index contributed by atoms with van der Waals surface area (Å²) in [7, 11) is 0. The van der Waals surface area contributed by atoms with Crippen molar-refractivity contribution >= 4 is 17.3 Å². The van der Waals surface area contributed by atoms with Crippen LogP contribution in [0, 0.1) is 5.82 Å². The average molecular weight is 344 g/mol. The molecule has 5 heteroatoms. The summed E-state index contributed by atoms with van der Waals surface area (Å²) < 4.78 is 18.6. The third-order valence-corrected chi connectivity index (χ3v) is 3.68. The Hall–Kier alpha value is -2.56. The fourth-order valence-electron chi connectivity index (χ4n) is 2.34. The highest BCUT2D eigenvalue weighted by Crippen LogP contribution is 2.18. The summed E-state index contributed by atoms with van der Waals surface area (Å²) in [6.45, 7) is 3.01. The molecule has 0 heterocycles. The van der Waals surface area contributed by atoms with Crippen molar-refractivity contribution in [1.29, 1.82) is 0 Å². The van der Waals surface area contributed by atoms with Crippen LogP contribution in [0.4, 0.5) is 15.8 Å². The molecule has 0 aliphatic rings. The second-order valence-electron chi connectivity index (χ2n) is 5.85. The molecule has 134 valence electrons. The van der Waals surface area contributed by atoms with Gasteiger partial charge in [0.2, 0.25) is 5.91 Å². The summed E-state index contributed by atoms with van der Waals surface area (Å²) in [5, 5.41) is 5.77. The van der Waals surface area contributed by atoms with E-state index in [9.17, 15) is 9.18 Å². The molecule has 0 aliphatic carbocycles. The van der Waals surface area contributed by atoms with E-state index in [2.05, 4.69) is 17.6 Å². The Morgan fingerprint density at radius 2 is 1.84 bits per heavy atom. The van der Waals surface area contributed by atoms with Crippen LogP contribution in [0.3, 0.4) is 0 Å². The van der Waals surface area contributed by atoms with Crippen LogP contribution in [-0.4, -0.2) is 19.1 Å². The molecule has 2 rings (SSSR count). The van der Waals surface area contributed by atoms with Crippen molar-refractivity contribution in [3.8, 4) is 5.75 Å². The number of ether oxygens (including phenoxy) is 1. The molecule has 0 unspecified atom stereocenters. The zero-order chi connectivity index (χ0) is 17.9. The SMILES string of the molecule is CCCCCCOc1cccc(NCC(=O)Nc2ccc(F)cc2)c1. The molecule has 2 aromatic carbocycles. The minimum atomic E-state index is -0.331. The largest absolute Gasteiger partial charge is 0.494 e. The van der Waals surface area contributed by atoms with Crippen LogP contribution in [0.5, 0.6) is 5.75 Å². The second-order valence-corrected chi connectivity index (χ2v) is 5.85. The molecule has 0 radical (unpaired) electrons. The van der Waals surface area contributed by atoms with Crippen LogP contribution in [-0.2, 0) is 4.79 Å². The van der Waals surface area contributed by atoms with Crippen molar-refractivity contribution in [2.24, 2.45) is 0 Å². The Balaban J connectivity index is 1.75. The van der Waals surface area contributed by atoms with Crippen LogP contribution in [0.25, 0.3) is 0 Å². The van der Waals surface area contributed by atoms with Gasteiger partial charge in [-0.1, -0.05) is 32.3 Å². The third kappa shape index (κ3) is 7.25. The van der Waals surface area contributed by atoms with Crippen molar-refractivity contribution in [2.75, 3.05) is 23.8 Å². The zero-order valence-corrected chi connectivity index (χ0v) is 14.6. The zero-order valence-electron chi connectivity index (χ0n) is 14.6. The van der Waals surface area contributed by atoms with E-state index in [0.717, 1.165) is 17.9 Å². The fraction of sp³-hybridized carbons (Fsp3) is 0.350. The van der Waals surface area contributed by atoms with Gasteiger partial charge in [-0.15, -0.1) is 0 Å². The summed E-state index contributed by atoms with van der Waals surface area (Å²) in [6, 6.07) is 13.2. The molecule has 4 nitrogen and oxygen atoms in total. The molecule has 25 heavy (non-hydrogen) atoms. The number of benzene rings is 2. The summed E-state index contributed by atoms with van der Waals surface area (Å²) in [5.74, 6) is 0.264. The quantitative estimate of drug-likeness (QED) is 0.607. The van der Waals surface area contributed by atoms with Crippen LogP contribution in [0.1, 0.15) is 32.6 Å². The van der Waals surface area contributed by atoms with Crippen LogP contribution in [0.15, 0.2) is 48.5 Å². The molecule has 0 atom stereocenters. The monoisotopic (exact) mass is 344 g/mol. The standard InChI is InChI=1S/C20H25FN2O2/c1-2-3-4-5-13-25-19-8-6-7-18(14-19)22-15-20(24)23-17-11-9-16(21)10-12-17/h6-12,14,22H,2-5,13,15H2,1H3,(H,23,24). The smallest absolute Gasteiger partial charge is 0.243 e. The van der Waals surface area contributed by atoms with Gasteiger partial charge in [-0.25, -0.2) is 4.39 Å². The fourth-order valence-corrected chi connectivity index (χ4v) is 2.34. The minimum Gasteiger partial charge on any atom is -0.494 e. The number of carbonyl (C=O) groups is 1. The Morgan fingerprint density at radius 1 is 1.04 bits per heavy atom. The molecule has 2 N–H and O–H groups in total. The number of hydrogen-bond acceptors (Lipinski definition) is 3. The number of unbranched alkanes of at least 4 members (excludes halogenated alkanes) is 3. The molecule has 2 aromatic rings. The normalized spacial score (nSPS) is 10.3. The molecular formula is C20H25FN2O2. The van der Waals surface area contributed by atoms with E-state index in [4.69, 9.17) is 4.74 Å². The Morgan fingerprint density at radius 3 is 2.60 bits per heavy atom. The Labute approximate surface area is 148 Å². The molecule has 0 aliphatic heterocycles. The lowest BCUT2D eigenvalue weighted by Crippen LogP contribution is -2.21. The van der Waals surface area contributed by atoms with Gasteiger partial charge in [0.25, 0.3) is 0 Å². The molecule has 1 amide bonds. The molecule has 0 spiro atoms. The van der Waals surface area contributed by atoms with Gasteiger partial charge in [-0.3, -0.25) is 4.79 Å². The molecular weight excluding hydrogens is 319 g/mol. The molecule has 0 aromatic heterocycles. The topological polar surface area (TPSA) is 50.4 Å². The number of rotatable bonds is 10. The van der Waals surface area contributed by atoms with Crippen molar-refractivity contribution in [3.63, 3.8) is 0 Å². The average Bonchev–Trinajstić information content (AvgIpc) is 2.62. The van der Waals surface area contributed by atoms with E-state index in [1.54, 1.807) is 0 Å². The van der Waals surface area contributed by atoms with Crippen molar-refractivity contribution in [1.82, 2.24) is 0 Å². The van der Waals surface area contributed by atoms with E-state index in [0.29, 0.717) is 12.3 Å². The predicted octanol–water partition coefficient (Wildman–Crippen LogP) is 4.84. The first-order valence-corrected chi connectivity index (χ1v) is 8.69. The highest BCUT2D eigenvalue weighted by atomic mass is 19.1. The number of amides is 1. The van der Waals surface area contributed by atoms with Gasteiger partial charge in [-0.05, 0) is 42.8 Å². The Bertz CT molecular complexity index is 659. The first-order valence-electron chi connectivity index (χ1n) is 8.69. The predicted molar refractivity (Wildman–Crippen MR) is 99.6 cm³/mol. The number of anilines is 2. The summed E-state index contributed by atoms with van der Waals surface area (Å²) >= 11 is 0. The van der Waals surface area contributed by atoms with E-state index in [-0.39, 0.29) is 18.3 Å². The van der Waals surface area contributed by atoms with Crippen molar-refractivity contribution < 1.29 is 13.9 Å². The lowest BCUT2D eigenvalue weighted by molar-refractivity contribution is -0.114. The van der Waals surface area contributed by atoms with Crippen LogP contribution < -0.4 is 15.4 Å². The molecule has 0 bridgehead atoms. The maximum atomic E-state index is 12.8. The van der Waals surface area contributed by atoms with Gasteiger partial charge < -0.3 is 15.4 Å². The second kappa shape index (κ2) is 10.3. The first-order chi connectivity index (χ1) is 12.2.